The zero-order valence-corrected chi connectivity index (χ0v) is 17.2. The van der Waals surface area contributed by atoms with Crippen molar-refractivity contribution in [3.8, 4) is 22.9 Å². The van der Waals surface area contributed by atoms with Crippen molar-refractivity contribution in [2.45, 2.75) is 39.0 Å². The molecule has 4 rings (SSSR count). The van der Waals surface area contributed by atoms with Crippen molar-refractivity contribution in [2.75, 3.05) is 0 Å². The molecule has 1 aliphatic rings. The van der Waals surface area contributed by atoms with Crippen LogP contribution in [0.2, 0.25) is 0 Å². The molecule has 0 spiro atoms. The normalized spacial score (nSPS) is 11.9. The van der Waals surface area contributed by atoms with Crippen molar-refractivity contribution < 1.29 is 18.3 Å². The first kappa shape index (κ1) is 20.7. The Kier molecular flexibility index (Phi) is 5.81. The number of carbonyl (C=O) groups is 1. The van der Waals surface area contributed by atoms with Crippen molar-refractivity contribution in [3.63, 3.8) is 0 Å². The lowest BCUT2D eigenvalue weighted by atomic mass is 9.83. The second kappa shape index (κ2) is 8.69. The first-order valence-electron chi connectivity index (χ1n) is 10.4. The van der Waals surface area contributed by atoms with E-state index in [0.717, 1.165) is 42.5 Å². The van der Waals surface area contributed by atoms with Crippen LogP contribution in [0.15, 0.2) is 48.5 Å². The van der Waals surface area contributed by atoms with E-state index >= 15 is 0 Å². The van der Waals surface area contributed by atoms with Crippen LogP contribution in [-0.4, -0.2) is 5.97 Å². The highest BCUT2D eigenvalue weighted by molar-refractivity contribution is 5.92. The average Bonchev–Trinajstić information content (AvgIpc) is 2.76. The second-order valence-corrected chi connectivity index (χ2v) is 7.73. The van der Waals surface area contributed by atoms with Crippen LogP contribution in [0.4, 0.5) is 8.78 Å². The molecule has 5 heteroatoms. The zero-order chi connectivity index (χ0) is 22.0. The Bertz CT molecular complexity index is 1190. The molecule has 3 aromatic carbocycles. The molecule has 0 aliphatic heterocycles. The highest BCUT2D eigenvalue weighted by Gasteiger charge is 2.20. The Hall–Kier alpha value is -3.52. The van der Waals surface area contributed by atoms with Crippen molar-refractivity contribution in [3.05, 3.63) is 88.0 Å². The Labute approximate surface area is 179 Å². The van der Waals surface area contributed by atoms with Crippen LogP contribution in [0.1, 0.15) is 52.4 Å². The van der Waals surface area contributed by atoms with Gasteiger partial charge in [-0.1, -0.05) is 37.6 Å². The van der Waals surface area contributed by atoms with Crippen molar-refractivity contribution in [2.24, 2.45) is 0 Å². The van der Waals surface area contributed by atoms with E-state index in [1.165, 1.54) is 35.6 Å². The standard InChI is InChI=1S/C26H21F2NO2/c1-2-3-4-16-5-9-21-17(11-16)6-7-18-12-19(8-10-22(18)21)26(30)31-20-13-24(27)23(15-29)25(28)14-20/h5,8-14H,2-4,6-7H2,1H3. The number of fused-ring (bicyclic) bond motifs is 3. The molecule has 0 atom stereocenters. The highest BCUT2D eigenvalue weighted by atomic mass is 19.1. The van der Waals surface area contributed by atoms with Crippen LogP contribution < -0.4 is 4.74 Å². The van der Waals surface area contributed by atoms with Crippen molar-refractivity contribution >= 4 is 5.97 Å². The number of nitrogens with zero attached hydrogens (tertiary/aromatic N) is 1. The number of rotatable bonds is 5. The fourth-order valence-electron chi connectivity index (χ4n) is 3.99. The maximum absolute atomic E-state index is 13.8. The number of aryl methyl sites for hydroxylation is 3. The summed E-state index contributed by atoms with van der Waals surface area (Å²) in [6, 6.07) is 15.1. The summed E-state index contributed by atoms with van der Waals surface area (Å²) in [7, 11) is 0. The topological polar surface area (TPSA) is 50.1 Å². The molecule has 31 heavy (non-hydrogen) atoms. The minimum absolute atomic E-state index is 0.276. The molecule has 0 saturated carbocycles. The summed E-state index contributed by atoms with van der Waals surface area (Å²) in [5, 5.41) is 8.75. The van der Waals surface area contributed by atoms with Gasteiger partial charge in [-0.25, -0.2) is 13.6 Å². The molecule has 3 aromatic rings. The maximum atomic E-state index is 13.8. The Morgan fingerprint density at radius 1 is 1.00 bits per heavy atom. The van der Waals surface area contributed by atoms with Gasteiger partial charge in [0.2, 0.25) is 0 Å². The summed E-state index contributed by atoms with van der Waals surface area (Å²) in [5.41, 5.74) is 5.59. The predicted octanol–water partition coefficient (Wildman–Crippen LogP) is 6.16. The lowest BCUT2D eigenvalue weighted by molar-refractivity contribution is 0.0734. The number of esters is 1. The number of hydrogen-bond acceptors (Lipinski definition) is 3. The van der Waals surface area contributed by atoms with Gasteiger partial charge in [0.15, 0.2) is 0 Å². The molecule has 0 bridgehead atoms. The van der Waals surface area contributed by atoms with E-state index < -0.39 is 23.2 Å². The quantitative estimate of drug-likeness (QED) is 0.369. The second-order valence-electron chi connectivity index (χ2n) is 7.73. The van der Waals surface area contributed by atoms with E-state index in [1.54, 1.807) is 12.1 Å². The van der Waals surface area contributed by atoms with E-state index in [-0.39, 0.29) is 5.75 Å². The van der Waals surface area contributed by atoms with Gasteiger partial charge in [0.25, 0.3) is 0 Å². The number of benzene rings is 3. The van der Waals surface area contributed by atoms with Crippen LogP contribution in [0.3, 0.4) is 0 Å². The fraction of sp³-hybridized carbons (Fsp3) is 0.231. The summed E-state index contributed by atoms with van der Waals surface area (Å²) in [6.45, 7) is 2.19. The van der Waals surface area contributed by atoms with E-state index in [2.05, 4.69) is 25.1 Å². The molecule has 0 fully saturated rings. The zero-order valence-electron chi connectivity index (χ0n) is 17.2. The van der Waals surface area contributed by atoms with Crippen molar-refractivity contribution in [1.29, 1.82) is 5.26 Å². The molecule has 3 nitrogen and oxygen atoms in total. The van der Waals surface area contributed by atoms with Crippen LogP contribution in [0.25, 0.3) is 11.1 Å². The van der Waals surface area contributed by atoms with Gasteiger partial charge in [-0.2, -0.15) is 5.26 Å². The third kappa shape index (κ3) is 4.20. The summed E-state index contributed by atoms with van der Waals surface area (Å²) in [6.07, 6.45) is 5.13. The summed E-state index contributed by atoms with van der Waals surface area (Å²) in [5.74, 6) is -3.11. The third-order valence-electron chi connectivity index (χ3n) is 5.62. The Balaban J connectivity index is 1.57. The molecule has 0 N–H and O–H groups in total. The minimum Gasteiger partial charge on any atom is -0.423 e. The Morgan fingerprint density at radius 3 is 2.29 bits per heavy atom. The number of ether oxygens (including phenoxy) is 1. The van der Waals surface area contributed by atoms with Gasteiger partial charge < -0.3 is 4.74 Å². The first-order valence-corrected chi connectivity index (χ1v) is 10.4. The highest BCUT2D eigenvalue weighted by Crippen LogP contribution is 2.35. The average molecular weight is 417 g/mol. The summed E-state index contributed by atoms with van der Waals surface area (Å²) < 4.78 is 32.7. The molecular weight excluding hydrogens is 396 g/mol. The molecule has 156 valence electrons. The largest absolute Gasteiger partial charge is 0.423 e. The van der Waals surface area contributed by atoms with Crippen LogP contribution in [0.5, 0.6) is 5.75 Å². The smallest absolute Gasteiger partial charge is 0.343 e. The third-order valence-corrected chi connectivity index (χ3v) is 5.62. The van der Waals surface area contributed by atoms with Gasteiger partial charge in [0.05, 0.1) is 5.56 Å². The molecular formula is C26H21F2NO2. The molecule has 0 saturated heterocycles. The van der Waals surface area contributed by atoms with Crippen LogP contribution in [-0.2, 0) is 19.3 Å². The molecule has 0 heterocycles. The number of carbonyl (C=O) groups excluding carboxylic acids is 1. The lowest BCUT2D eigenvalue weighted by Gasteiger charge is -2.21. The molecule has 0 aromatic heterocycles. The molecule has 0 amide bonds. The SMILES string of the molecule is CCCCc1ccc2c(c1)CCc1cc(C(=O)Oc3cc(F)c(C#N)c(F)c3)ccc1-2. The van der Waals surface area contributed by atoms with Gasteiger partial charge in [-0.15, -0.1) is 0 Å². The molecule has 0 radical (unpaired) electrons. The van der Waals surface area contributed by atoms with Gasteiger partial charge >= 0.3 is 5.97 Å². The van der Waals surface area contributed by atoms with Gasteiger partial charge in [-0.3, -0.25) is 0 Å². The molecule has 0 unspecified atom stereocenters. The van der Waals surface area contributed by atoms with Crippen molar-refractivity contribution in [1.82, 2.24) is 0 Å². The van der Waals surface area contributed by atoms with E-state index in [0.29, 0.717) is 5.56 Å². The predicted molar refractivity (Wildman–Crippen MR) is 114 cm³/mol. The molecule has 1 aliphatic carbocycles. The monoisotopic (exact) mass is 417 g/mol. The van der Waals surface area contributed by atoms with E-state index in [9.17, 15) is 13.6 Å². The maximum Gasteiger partial charge on any atom is 0.343 e. The fourth-order valence-corrected chi connectivity index (χ4v) is 3.99. The van der Waals surface area contributed by atoms with E-state index in [1.807, 2.05) is 6.07 Å². The number of unbranched alkanes of at least 4 members (excludes halogenated alkanes) is 1. The summed E-state index contributed by atoms with van der Waals surface area (Å²) >= 11 is 0. The number of hydrogen-bond donors (Lipinski definition) is 0. The number of nitriles is 1. The summed E-state index contributed by atoms with van der Waals surface area (Å²) in [4.78, 5) is 12.5. The Morgan fingerprint density at radius 2 is 1.65 bits per heavy atom. The van der Waals surface area contributed by atoms with Crippen LogP contribution in [0, 0.1) is 23.0 Å². The first-order chi connectivity index (χ1) is 15.0. The van der Waals surface area contributed by atoms with Gasteiger partial charge in [0, 0.05) is 12.1 Å². The number of halogens is 2. The van der Waals surface area contributed by atoms with Gasteiger partial charge in [0.1, 0.15) is 29.0 Å². The lowest BCUT2D eigenvalue weighted by Crippen LogP contribution is -2.12. The van der Waals surface area contributed by atoms with Crippen LogP contribution >= 0.6 is 0 Å². The van der Waals surface area contributed by atoms with E-state index in [4.69, 9.17) is 10.00 Å². The minimum atomic E-state index is -1.06. The van der Waals surface area contributed by atoms with Gasteiger partial charge in [-0.05, 0) is 65.6 Å².